The molecule has 0 radical (unpaired) electrons. The highest BCUT2D eigenvalue weighted by Crippen LogP contribution is 2.29. The largest absolute Gasteiger partial charge is 0.371 e. The summed E-state index contributed by atoms with van der Waals surface area (Å²) in [5.41, 5.74) is 9.28. The molecule has 3 aromatic carbocycles. The molecule has 2 fully saturated rings. The number of anilines is 2. The molecule has 320 valence electrons. The smallest absolute Gasteiger partial charge is 0.228 e. The molecule has 2 saturated heterocycles. The van der Waals surface area contributed by atoms with Gasteiger partial charge in [-0.05, 0) is 114 Å². The highest BCUT2D eigenvalue weighted by Gasteiger charge is 2.23. The van der Waals surface area contributed by atoms with Crippen molar-refractivity contribution in [2.45, 2.75) is 45.7 Å². The van der Waals surface area contributed by atoms with Crippen LogP contribution in [-0.4, -0.2) is 122 Å². The second kappa shape index (κ2) is 17.9. The maximum atomic E-state index is 13.4. The Morgan fingerprint density at radius 2 is 1.27 bits per heavy atom. The zero-order chi connectivity index (χ0) is 43.6. The lowest BCUT2D eigenvalue weighted by atomic mass is 10.0. The van der Waals surface area contributed by atoms with Crippen molar-refractivity contribution in [1.82, 2.24) is 44.7 Å². The average Bonchev–Trinajstić information content (AvgIpc) is 3.95. The van der Waals surface area contributed by atoms with Crippen molar-refractivity contribution in [2.75, 3.05) is 63.2 Å². The van der Waals surface area contributed by atoms with Crippen LogP contribution in [0, 0.1) is 6.92 Å². The summed E-state index contributed by atoms with van der Waals surface area (Å²) >= 11 is 0. The lowest BCUT2D eigenvalue weighted by molar-refractivity contribution is 0.102. The number of nitrogens with one attached hydrogen (secondary N) is 2. The van der Waals surface area contributed by atoms with Crippen molar-refractivity contribution < 1.29 is 9.59 Å². The van der Waals surface area contributed by atoms with Crippen LogP contribution in [0.25, 0.3) is 44.1 Å². The lowest BCUT2D eigenvalue weighted by Gasteiger charge is -2.38. The zero-order valence-corrected chi connectivity index (χ0v) is 36.5. The Labute approximate surface area is 367 Å². The first-order valence-electron chi connectivity index (χ1n) is 21.8. The van der Waals surface area contributed by atoms with Gasteiger partial charge in [0.1, 0.15) is 0 Å². The molecule has 0 bridgehead atoms. The summed E-state index contributed by atoms with van der Waals surface area (Å²) in [5.74, 6) is 0.444. The van der Waals surface area contributed by atoms with Crippen LogP contribution in [0.3, 0.4) is 0 Å². The molecule has 0 amide bonds. The fraction of sp³-hybridized carbons (Fsp3) is 0.300. The Morgan fingerprint density at radius 1 is 0.683 bits per heavy atom. The van der Waals surface area contributed by atoms with E-state index in [9.17, 15) is 9.59 Å². The quantitative estimate of drug-likeness (QED) is 0.137. The minimum absolute atomic E-state index is 0.106. The number of rotatable bonds is 9. The van der Waals surface area contributed by atoms with Gasteiger partial charge in [-0.1, -0.05) is 24.3 Å². The third-order valence-electron chi connectivity index (χ3n) is 12.5. The summed E-state index contributed by atoms with van der Waals surface area (Å²) in [5, 5.41) is 2.09. The number of carbonyl (C=O) groups is 2. The molecule has 13 heteroatoms. The zero-order valence-electron chi connectivity index (χ0n) is 36.5. The SMILES string of the molecule is CC(C)N1CCN(c2ccc3nc(C(=O)c4ccnc(-c5cncc6ccccc56)c4)[nH]c3c2)CC1.Cc1cc(C(=O)c2nc3ccc(N4CCC(N(C)C)CC4)cc3[nH]2)ccn1. The summed E-state index contributed by atoms with van der Waals surface area (Å²) in [6.45, 7) is 12.6. The first-order chi connectivity index (χ1) is 30.6. The van der Waals surface area contributed by atoms with Gasteiger partial charge in [0.05, 0.1) is 27.8 Å². The van der Waals surface area contributed by atoms with Crippen LogP contribution in [0.1, 0.15) is 64.7 Å². The Balaban J connectivity index is 0.000000167. The molecule has 0 unspecified atom stereocenters. The van der Waals surface area contributed by atoms with E-state index in [1.54, 1.807) is 36.8 Å². The predicted octanol–water partition coefficient (Wildman–Crippen LogP) is 7.96. The van der Waals surface area contributed by atoms with Gasteiger partial charge in [-0.15, -0.1) is 0 Å². The number of imidazole rings is 2. The van der Waals surface area contributed by atoms with Gasteiger partial charge in [0.25, 0.3) is 0 Å². The molecule has 0 spiro atoms. The summed E-state index contributed by atoms with van der Waals surface area (Å²) in [6, 6.07) is 28.7. The monoisotopic (exact) mass is 839 g/mol. The van der Waals surface area contributed by atoms with Crippen LogP contribution >= 0.6 is 0 Å². The number of aromatic nitrogens is 7. The average molecular weight is 840 g/mol. The first kappa shape index (κ1) is 41.5. The molecule has 0 saturated carbocycles. The number of piperidine rings is 1. The summed E-state index contributed by atoms with van der Waals surface area (Å²) in [7, 11) is 4.31. The van der Waals surface area contributed by atoms with E-state index in [0.717, 1.165) is 89.1 Å². The van der Waals surface area contributed by atoms with Gasteiger partial charge >= 0.3 is 0 Å². The van der Waals surface area contributed by atoms with E-state index >= 15 is 0 Å². The predicted molar refractivity (Wildman–Crippen MR) is 251 cm³/mol. The molecule has 2 aliphatic rings. The fourth-order valence-corrected chi connectivity index (χ4v) is 8.74. The van der Waals surface area contributed by atoms with Crippen LogP contribution in [-0.2, 0) is 0 Å². The van der Waals surface area contributed by atoms with E-state index in [-0.39, 0.29) is 11.6 Å². The molecule has 63 heavy (non-hydrogen) atoms. The van der Waals surface area contributed by atoms with Crippen LogP contribution in [0.15, 0.2) is 110 Å². The van der Waals surface area contributed by atoms with Crippen molar-refractivity contribution >= 4 is 55.8 Å². The number of nitrogens with zero attached hydrogens (tertiary/aromatic N) is 9. The molecule has 5 aromatic heterocycles. The summed E-state index contributed by atoms with van der Waals surface area (Å²) in [4.78, 5) is 64.3. The van der Waals surface area contributed by atoms with Gasteiger partial charge in [-0.3, -0.25) is 29.4 Å². The molecule has 2 N–H and O–H groups in total. The maximum Gasteiger partial charge on any atom is 0.228 e. The molecule has 13 nitrogen and oxygen atoms in total. The molecular formula is C50H53N11O2. The third kappa shape index (κ3) is 8.93. The van der Waals surface area contributed by atoms with Crippen LogP contribution in [0.4, 0.5) is 11.4 Å². The lowest BCUT2D eigenvalue weighted by Crippen LogP contribution is -2.48. The number of aromatic amines is 2. The second-order valence-electron chi connectivity index (χ2n) is 17.1. The van der Waals surface area contributed by atoms with Crippen LogP contribution in [0.5, 0.6) is 0 Å². The topological polar surface area (TPSA) is 143 Å². The van der Waals surface area contributed by atoms with Crippen LogP contribution in [0.2, 0.25) is 0 Å². The number of hydrogen-bond acceptors (Lipinski definition) is 11. The Morgan fingerprint density at radius 3 is 1.87 bits per heavy atom. The van der Waals surface area contributed by atoms with Crippen molar-refractivity contribution in [3.05, 3.63) is 138 Å². The number of aryl methyl sites for hydroxylation is 1. The molecule has 8 aromatic rings. The van der Waals surface area contributed by atoms with Gasteiger partial charge in [-0.2, -0.15) is 0 Å². The Bertz CT molecular complexity index is 2910. The number of fused-ring (bicyclic) bond motifs is 3. The van der Waals surface area contributed by atoms with E-state index in [4.69, 9.17) is 0 Å². The maximum absolute atomic E-state index is 13.4. The molecule has 7 heterocycles. The standard InChI is InChI=1S/C29H28N6O.C21H25N5O/c1-19(2)34-11-13-35(14-12-34)22-7-8-25-27(16-22)33-29(32-25)28(36)20-9-10-31-26(15-20)24-18-30-17-21-5-3-4-6-23(21)24;1-14-12-15(6-9-22-14)20(27)21-23-18-5-4-17(13-19(18)24-21)26-10-7-16(8-11-26)25(2)3/h3-10,15-19H,11-14H2,1-2H3,(H,32,33);4-6,9,12-13,16H,7-8,10-11H2,1-3H3,(H,23,24). The van der Waals surface area contributed by atoms with Gasteiger partial charge in [0.2, 0.25) is 11.6 Å². The van der Waals surface area contributed by atoms with Crippen molar-refractivity contribution in [3.8, 4) is 11.3 Å². The van der Waals surface area contributed by atoms with Gasteiger partial charge in [-0.25, -0.2) is 9.97 Å². The van der Waals surface area contributed by atoms with Crippen molar-refractivity contribution in [2.24, 2.45) is 0 Å². The van der Waals surface area contributed by atoms with E-state index in [1.165, 1.54) is 18.5 Å². The van der Waals surface area contributed by atoms with E-state index in [1.807, 2.05) is 55.6 Å². The fourth-order valence-electron chi connectivity index (χ4n) is 8.74. The Hall–Kier alpha value is -6.83. The number of H-pyrrole nitrogens is 2. The molecule has 2 aliphatic heterocycles. The second-order valence-corrected chi connectivity index (χ2v) is 17.1. The highest BCUT2D eigenvalue weighted by molar-refractivity contribution is 6.09. The number of ketones is 2. The summed E-state index contributed by atoms with van der Waals surface area (Å²) < 4.78 is 0. The van der Waals surface area contributed by atoms with Gasteiger partial charge in [0.15, 0.2) is 11.6 Å². The number of piperazine rings is 1. The number of benzene rings is 3. The van der Waals surface area contributed by atoms with Gasteiger partial charge in [0, 0.05) is 115 Å². The molecule has 0 aliphatic carbocycles. The normalized spacial score (nSPS) is 15.1. The Kier molecular flexibility index (Phi) is 11.8. The van der Waals surface area contributed by atoms with Crippen molar-refractivity contribution in [3.63, 3.8) is 0 Å². The summed E-state index contributed by atoms with van der Waals surface area (Å²) in [6.07, 6.45) is 9.28. The van der Waals surface area contributed by atoms with E-state index in [0.29, 0.717) is 40.6 Å². The van der Waals surface area contributed by atoms with Crippen LogP contribution < -0.4 is 9.80 Å². The minimum Gasteiger partial charge on any atom is -0.371 e. The van der Waals surface area contributed by atoms with Crippen molar-refractivity contribution in [1.29, 1.82) is 0 Å². The number of carbonyl (C=O) groups excluding carboxylic acids is 2. The number of pyridine rings is 3. The highest BCUT2D eigenvalue weighted by atomic mass is 16.1. The van der Waals surface area contributed by atoms with E-state index in [2.05, 4.69) is 107 Å². The minimum atomic E-state index is -0.157. The third-order valence-corrected chi connectivity index (χ3v) is 12.5. The molecule has 10 rings (SSSR count). The first-order valence-corrected chi connectivity index (χ1v) is 21.8. The van der Waals surface area contributed by atoms with E-state index < -0.39 is 0 Å². The molecular weight excluding hydrogens is 787 g/mol. The number of hydrogen-bond donors (Lipinski definition) is 2. The van der Waals surface area contributed by atoms with Gasteiger partial charge < -0.3 is 24.7 Å². The molecule has 0 atom stereocenters.